The smallest absolute Gasteiger partial charge is 0.470 e. The van der Waals surface area contributed by atoms with Gasteiger partial charge >= 0.3 is 13.8 Å². The molecule has 4 rings (SSSR count). The van der Waals surface area contributed by atoms with Gasteiger partial charge in [-0.05, 0) is 31.6 Å². The second-order valence-corrected chi connectivity index (χ2v) is 8.58. The van der Waals surface area contributed by atoms with Crippen molar-refractivity contribution in [1.82, 2.24) is 4.90 Å². The number of ether oxygens (including phenoxy) is 2. The minimum atomic E-state index is -4.60. The Morgan fingerprint density at radius 1 is 1.41 bits per heavy atom. The lowest BCUT2D eigenvalue weighted by Gasteiger charge is -2.36. The normalized spacial score (nSPS) is 29.5. The molecule has 3 aliphatic rings. The van der Waals surface area contributed by atoms with E-state index in [2.05, 4.69) is 4.90 Å². The van der Waals surface area contributed by atoms with Gasteiger partial charge < -0.3 is 24.2 Å². The summed E-state index contributed by atoms with van der Waals surface area (Å²) in [5, 5.41) is 0. The number of esters is 1. The average molecular weight is 395 g/mol. The summed E-state index contributed by atoms with van der Waals surface area (Å²) in [4.78, 5) is 32.0. The molecule has 0 saturated heterocycles. The number of hydrogen-bond acceptors (Lipinski definition) is 6. The Labute approximate surface area is 157 Å². The fourth-order valence-electron chi connectivity index (χ4n) is 4.39. The predicted octanol–water partition coefficient (Wildman–Crippen LogP) is 1.88. The van der Waals surface area contributed by atoms with Crippen LogP contribution in [0.1, 0.15) is 30.9 Å². The van der Waals surface area contributed by atoms with Gasteiger partial charge in [-0.3, -0.25) is 9.32 Å². The molecule has 146 valence electrons. The molecule has 8 nitrogen and oxygen atoms in total. The molecule has 1 spiro atoms. The summed E-state index contributed by atoms with van der Waals surface area (Å²) >= 11 is 0. The first-order valence-electron chi connectivity index (χ1n) is 8.81. The summed E-state index contributed by atoms with van der Waals surface area (Å²) in [5.74, 6) is 0.493. The maximum Gasteiger partial charge on any atom is 0.470 e. The van der Waals surface area contributed by atoms with Crippen molar-refractivity contribution in [3.05, 3.63) is 35.4 Å². The van der Waals surface area contributed by atoms with Crippen LogP contribution in [-0.4, -0.2) is 46.5 Å². The molecule has 1 aromatic rings. The summed E-state index contributed by atoms with van der Waals surface area (Å²) in [6, 6.07) is 3.70. The fraction of sp³-hybridized carbons (Fsp3) is 0.500. The van der Waals surface area contributed by atoms with Gasteiger partial charge in [0.05, 0.1) is 11.5 Å². The lowest BCUT2D eigenvalue weighted by molar-refractivity contribution is -0.132. The quantitative estimate of drug-likeness (QED) is 0.346. The van der Waals surface area contributed by atoms with Crippen LogP contribution in [0.25, 0.3) is 0 Å². The van der Waals surface area contributed by atoms with Crippen molar-refractivity contribution in [2.45, 2.75) is 43.9 Å². The van der Waals surface area contributed by atoms with Crippen LogP contribution in [0.3, 0.4) is 0 Å². The summed E-state index contributed by atoms with van der Waals surface area (Å²) in [6.45, 7) is 2.93. The molecule has 0 fully saturated rings. The first kappa shape index (κ1) is 18.7. The molecule has 2 N–H and O–H groups in total. The minimum Gasteiger partial charge on any atom is -0.485 e. The number of phosphoric ester groups is 1. The molecule has 2 heterocycles. The minimum absolute atomic E-state index is 0.305. The molecule has 0 radical (unpaired) electrons. The number of rotatable bonds is 3. The lowest BCUT2D eigenvalue weighted by Crippen LogP contribution is -2.43. The number of phosphoric acid groups is 1. The molecule has 0 aromatic heterocycles. The van der Waals surface area contributed by atoms with Crippen LogP contribution < -0.4 is 9.47 Å². The maximum atomic E-state index is 11.5. The molecule has 3 atom stereocenters. The van der Waals surface area contributed by atoms with Gasteiger partial charge in [-0.2, -0.15) is 0 Å². The number of carbonyl (C=O) groups is 1. The summed E-state index contributed by atoms with van der Waals surface area (Å²) in [5.41, 5.74) is 1.67. The highest BCUT2D eigenvalue weighted by molar-refractivity contribution is 7.46. The molecule has 0 bridgehead atoms. The molecular formula is C18H22NO7P. The van der Waals surface area contributed by atoms with Crippen LogP contribution in [0.5, 0.6) is 11.5 Å². The first-order valence-corrected chi connectivity index (χ1v) is 10.3. The Morgan fingerprint density at radius 3 is 2.89 bits per heavy atom. The molecule has 1 unspecified atom stereocenters. The number of benzene rings is 1. The van der Waals surface area contributed by atoms with Crippen molar-refractivity contribution in [2.24, 2.45) is 0 Å². The second kappa shape index (κ2) is 6.43. The highest BCUT2D eigenvalue weighted by Crippen LogP contribution is 2.56. The highest BCUT2D eigenvalue weighted by atomic mass is 31.2. The van der Waals surface area contributed by atoms with E-state index in [9.17, 15) is 9.36 Å². The Bertz CT molecular complexity index is 864. The second-order valence-electron chi connectivity index (χ2n) is 7.38. The van der Waals surface area contributed by atoms with Gasteiger partial charge in [0.1, 0.15) is 6.10 Å². The zero-order valence-electron chi connectivity index (χ0n) is 15.1. The van der Waals surface area contributed by atoms with Crippen LogP contribution >= 0.6 is 7.82 Å². The Hall–Kier alpha value is -1.70. The maximum absolute atomic E-state index is 11.5. The van der Waals surface area contributed by atoms with Gasteiger partial charge in [0, 0.05) is 25.5 Å². The van der Waals surface area contributed by atoms with Crippen molar-refractivity contribution in [1.29, 1.82) is 0 Å². The zero-order valence-corrected chi connectivity index (χ0v) is 16.0. The van der Waals surface area contributed by atoms with E-state index in [4.69, 9.17) is 23.8 Å². The van der Waals surface area contributed by atoms with Crippen molar-refractivity contribution < 1.29 is 33.1 Å². The molecule has 2 aliphatic heterocycles. The van der Waals surface area contributed by atoms with E-state index in [1.54, 1.807) is 12.1 Å². The number of nitrogens with zero attached hydrogens (tertiary/aromatic N) is 1. The van der Waals surface area contributed by atoms with Crippen molar-refractivity contribution >= 4 is 13.8 Å². The molecule has 1 aliphatic carbocycles. The van der Waals surface area contributed by atoms with Crippen LogP contribution in [0.15, 0.2) is 24.3 Å². The van der Waals surface area contributed by atoms with Crippen LogP contribution in [0, 0.1) is 0 Å². The van der Waals surface area contributed by atoms with Crippen molar-refractivity contribution in [2.75, 3.05) is 13.6 Å². The monoisotopic (exact) mass is 395 g/mol. The topological polar surface area (TPSA) is 106 Å². The molecule has 27 heavy (non-hydrogen) atoms. The van der Waals surface area contributed by atoms with E-state index < -0.39 is 25.3 Å². The van der Waals surface area contributed by atoms with Crippen molar-refractivity contribution in [3.8, 4) is 11.5 Å². The third kappa shape index (κ3) is 3.32. The van der Waals surface area contributed by atoms with Gasteiger partial charge in [-0.1, -0.05) is 18.2 Å². The molecular weight excluding hydrogens is 373 g/mol. The largest absolute Gasteiger partial charge is 0.485 e. The Morgan fingerprint density at radius 2 is 2.19 bits per heavy atom. The van der Waals surface area contributed by atoms with E-state index in [0.717, 1.165) is 30.6 Å². The number of hydrogen-bond donors (Lipinski definition) is 2. The Kier molecular flexibility index (Phi) is 4.44. The third-order valence-corrected chi connectivity index (χ3v) is 5.98. The average Bonchev–Trinajstić information content (AvgIpc) is 2.81. The van der Waals surface area contributed by atoms with Gasteiger partial charge in [0.15, 0.2) is 11.5 Å². The number of carbonyl (C=O) groups excluding carboxylic acids is 1. The fourth-order valence-corrected chi connectivity index (χ4v) is 4.90. The molecule has 0 saturated carbocycles. The standard InChI is InChI=1S/C18H22NO7P/c1-11(20)24-14-4-3-12-10-19(2)8-7-18-6-5-13(26-27(21,22)23)9-15(18)25-17(14)16(12)18/h3-6,13,15H,7-10H2,1-2H3,(H2,21,22,23)/t13-,15-,18?/m0/s1. The Balaban J connectivity index is 1.80. The van der Waals surface area contributed by atoms with Crippen LogP contribution in [-0.2, 0) is 25.8 Å². The summed E-state index contributed by atoms with van der Waals surface area (Å²) in [6.07, 6.45) is 3.67. The lowest BCUT2D eigenvalue weighted by atomic mass is 9.69. The van der Waals surface area contributed by atoms with E-state index in [0.29, 0.717) is 17.9 Å². The highest BCUT2D eigenvalue weighted by Gasteiger charge is 2.53. The van der Waals surface area contributed by atoms with Gasteiger partial charge in [-0.25, -0.2) is 4.57 Å². The van der Waals surface area contributed by atoms with E-state index >= 15 is 0 Å². The van der Waals surface area contributed by atoms with E-state index in [1.807, 2.05) is 19.2 Å². The van der Waals surface area contributed by atoms with Gasteiger partial charge in [0.25, 0.3) is 0 Å². The third-order valence-electron chi connectivity index (χ3n) is 5.44. The van der Waals surface area contributed by atoms with Crippen molar-refractivity contribution in [3.63, 3.8) is 0 Å². The van der Waals surface area contributed by atoms with Crippen LogP contribution in [0.4, 0.5) is 0 Å². The van der Waals surface area contributed by atoms with Gasteiger partial charge in [0.2, 0.25) is 0 Å². The van der Waals surface area contributed by atoms with E-state index in [-0.39, 0.29) is 6.10 Å². The van der Waals surface area contributed by atoms with Gasteiger partial charge in [-0.15, -0.1) is 0 Å². The van der Waals surface area contributed by atoms with Crippen LogP contribution in [0.2, 0.25) is 0 Å². The molecule has 0 amide bonds. The SMILES string of the molecule is CC(=O)Oc1ccc2c3c1O[C@H]1C[C@@H](OP(=O)(O)O)C=CC31CCN(C)C2. The summed E-state index contributed by atoms with van der Waals surface area (Å²) in [7, 11) is -2.55. The first-order chi connectivity index (χ1) is 12.7. The summed E-state index contributed by atoms with van der Waals surface area (Å²) < 4.78 is 27.7. The molecule has 1 aromatic carbocycles. The predicted molar refractivity (Wildman–Crippen MR) is 95.5 cm³/mol. The zero-order chi connectivity index (χ0) is 19.4. The van der Waals surface area contributed by atoms with E-state index in [1.165, 1.54) is 6.92 Å². The molecule has 9 heteroatoms.